The second-order valence-corrected chi connectivity index (χ2v) is 4.27. The molecule has 5 nitrogen and oxygen atoms in total. The molecule has 0 aromatic carbocycles. The van der Waals surface area contributed by atoms with Crippen molar-refractivity contribution in [1.29, 1.82) is 0 Å². The smallest absolute Gasteiger partial charge is 0.303 e. The van der Waals surface area contributed by atoms with Crippen molar-refractivity contribution in [3.8, 4) is 0 Å². The number of imide groups is 1. The number of carboxylic acids is 1. The Kier molecular flexibility index (Phi) is 4.46. The standard InChI is InChI=1S/C11H17NO4/c1-8(2-5-11(15)16)6-7-12-9(13)3-4-10(12)14/h8H,2-7H2,1H3,(H,15,16). The van der Waals surface area contributed by atoms with Crippen LogP contribution in [-0.2, 0) is 14.4 Å². The molecule has 1 saturated heterocycles. The van der Waals surface area contributed by atoms with Gasteiger partial charge in [0.05, 0.1) is 0 Å². The van der Waals surface area contributed by atoms with E-state index in [9.17, 15) is 14.4 Å². The molecule has 5 heteroatoms. The molecule has 0 saturated carbocycles. The maximum absolute atomic E-state index is 11.3. The molecule has 0 aromatic heterocycles. The molecule has 1 unspecified atom stereocenters. The first-order chi connectivity index (χ1) is 7.50. The predicted molar refractivity (Wildman–Crippen MR) is 56.6 cm³/mol. The highest BCUT2D eigenvalue weighted by Gasteiger charge is 2.28. The minimum atomic E-state index is -0.805. The van der Waals surface area contributed by atoms with Crippen molar-refractivity contribution in [3.05, 3.63) is 0 Å². The highest BCUT2D eigenvalue weighted by Crippen LogP contribution is 2.16. The molecule has 1 N–H and O–H groups in total. The summed E-state index contributed by atoms with van der Waals surface area (Å²) in [6.45, 7) is 2.37. The molecule has 2 amide bonds. The molecule has 1 atom stereocenters. The summed E-state index contributed by atoms with van der Waals surface area (Å²) in [4.78, 5) is 34.2. The lowest BCUT2D eigenvalue weighted by molar-refractivity contribution is -0.139. The summed E-state index contributed by atoms with van der Waals surface area (Å²) in [6, 6.07) is 0. The van der Waals surface area contributed by atoms with Gasteiger partial charge in [0.2, 0.25) is 11.8 Å². The summed E-state index contributed by atoms with van der Waals surface area (Å²) in [5, 5.41) is 8.51. The Morgan fingerprint density at radius 1 is 1.31 bits per heavy atom. The summed E-state index contributed by atoms with van der Waals surface area (Å²) >= 11 is 0. The number of hydrogen-bond donors (Lipinski definition) is 1. The average molecular weight is 227 g/mol. The van der Waals surface area contributed by atoms with E-state index in [0.29, 0.717) is 32.2 Å². The Morgan fingerprint density at radius 2 is 1.88 bits per heavy atom. The quantitative estimate of drug-likeness (QED) is 0.687. The van der Waals surface area contributed by atoms with E-state index in [0.717, 1.165) is 0 Å². The monoisotopic (exact) mass is 227 g/mol. The number of rotatable bonds is 6. The fourth-order valence-electron chi connectivity index (χ4n) is 1.74. The van der Waals surface area contributed by atoms with Gasteiger partial charge in [0, 0.05) is 25.8 Å². The normalized spacial score (nSPS) is 17.9. The Balaban J connectivity index is 2.25. The van der Waals surface area contributed by atoms with Gasteiger partial charge in [-0.15, -0.1) is 0 Å². The Morgan fingerprint density at radius 3 is 2.38 bits per heavy atom. The largest absolute Gasteiger partial charge is 0.481 e. The van der Waals surface area contributed by atoms with Crippen molar-refractivity contribution in [2.45, 2.75) is 39.0 Å². The predicted octanol–water partition coefficient (Wildman–Crippen LogP) is 1.03. The molecule has 1 aliphatic rings. The molecule has 0 aliphatic carbocycles. The van der Waals surface area contributed by atoms with Gasteiger partial charge in [-0.25, -0.2) is 0 Å². The van der Waals surface area contributed by atoms with Crippen LogP contribution < -0.4 is 0 Å². The van der Waals surface area contributed by atoms with Crippen molar-refractivity contribution in [1.82, 2.24) is 4.90 Å². The Labute approximate surface area is 94.4 Å². The third-order valence-electron chi connectivity index (χ3n) is 2.85. The van der Waals surface area contributed by atoms with E-state index in [1.165, 1.54) is 4.90 Å². The number of nitrogens with zero attached hydrogens (tertiary/aromatic N) is 1. The van der Waals surface area contributed by atoms with Gasteiger partial charge in [-0.3, -0.25) is 19.3 Å². The van der Waals surface area contributed by atoms with Crippen molar-refractivity contribution >= 4 is 17.8 Å². The van der Waals surface area contributed by atoms with Gasteiger partial charge in [0.25, 0.3) is 0 Å². The number of hydrogen-bond acceptors (Lipinski definition) is 3. The van der Waals surface area contributed by atoms with Crippen LogP contribution >= 0.6 is 0 Å². The molecule has 0 bridgehead atoms. The Hall–Kier alpha value is -1.39. The first-order valence-electron chi connectivity index (χ1n) is 5.55. The summed E-state index contributed by atoms with van der Waals surface area (Å²) in [5.41, 5.74) is 0. The molecular weight excluding hydrogens is 210 g/mol. The average Bonchev–Trinajstić information content (AvgIpc) is 2.53. The number of amides is 2. The van der Waals surface area contributed by atoms with Crippen LogP contribution in [0, 0.1) is 5.92 Å². The molecule has 16 heavy (non-hydrogen) atoms. The maximum Gasteiger partial charge on any atom is 0.303 e. The lowest BCUT2D eigenvalue weighted by Gasteiger charge is -2.16. The number of carbonyl (C=O) groups excluding carboxylic acids is 2. The fourth-order valence-corrected chi connectivity index (χ4v) is 1.74. The zero-order valence-corrected chi connectivity index (χ0v) is 9.44. The highest BCUT2D eigenvalue weighted by atomic mass is 16.4. The number of carboxylic acid groups (broad SMARTS) is 1. The molecule has 0 radical (unpaired) electrons. The van der Waals surface area contributed by atoms with Crippen LogP contribution in [0.3, 0.4) is 0 Å². The zero-order chi connectivity index (χ0) is 12.1. The van der Waals surface area contributed by atoms with Crippen LogP contribution in [0.2, 0.25) is 0 Å². The van der Waals surface area contributed by atoms with Gasteiger partial charge < -0.3 is 5.11 Å². The molecular formula is C11H17NO4. The van der Waals surface area contributed by atoms with Crippen LogP contribution in [0.4, 0.5) is 0 Å². The number of aliphatic carboxylic acids is 1. The van der Waals surface area contributed by atoms with Gasteiger partial charge >= 0.3 is 5.97 Å². The third-order valence-corrected chi connectivity index (χ3v) is 2.85. The van der Waals surface area contributed by atoms with Crippen LogP contribution in [0.1, 0.15) is 39.0 Å². The highest BCUT2D eigenvalue weighted by molar-refractivity contribution is 6.01. The lowest BCUT2D eigenvalue weighted by Crippen LogP contribution is -2.30. The maximum atomic E-state index is 11.3. The van der Waals surface area contributed by atoms with E-state index in [-0.39, 0.29) is 24.2 Å². The SMILES string of the molecule is CC(CCC(=O)O)CCN1C(=O)CCC1=O. The van der Waals surface area contributed by atoms with Crippen LogP contribution in [0.5, 0.6) is 0 Å². The molecule has 1 rings (SSSR count). The van der Waals surface area contributed by atoms with E-state index in [1.54, 1.807) is 0 Å². The van der Waals surface area contributed by atoms with E-state index < -0.39 is 5.97 Å². The van der Waals surface area contributed by atoms with Gasteiger partial charge in [-0.2, -0.15) is 0 Å². The fraction of sp³-hybridized carbons (Fsp3) is 0.727. The van der Waals surface area contributed by atoms with Gasteiger partial charge in [-0.05, 0) is 18.8 Å². The van der Waals surface area contributed by atoms with Gasteiger partial charge in [0.1, 0.15) is 0 Å². The summed E-state index contributed by atoms with van der Waals surface area (Å²) in [6.07, 6.45) is 2.06. The van der Waals surface area contributed by atoms with Gasteiger partial charge in [-0.1, -0.05) is 6.92 Å². The van der Waals surface area contributed by atoms with Crippen molar-refractivity contribution < 1.29 is 19.5 Å². The minimum Gasteiger partial charge on any atom is -0.481 e. The summed E-state index contributed by atoms with van der Waals surface area (Å²) in [7, 11) is 0. The second kappa shape index (κ2) is 5.63. The van der Waals surface area contributed by atoms with Crippen molar-refractivity contribution in [2.24, 2.45) is 5.92 Å². The molecule has 0 aromatic rings. The molecule has 0 spiro atoms. The number of carbonyl (C=O) groups is 3. The molecule has 1 heterocycles. The van der Waals surface area contributed by atoms with Crippen molar-refractivity contribution in [3.63, 3.8) is 0 Å². The first kappa shape index (κ1) is 12.7. The van der Waals surface area contributed by atoms with E-state index >= 15 is 0 Å². The van der Waals surface area contributed by atoms with Gasteiger partial charge in [0.15, 0.2) is 0 Å². The Bertz CT molecular complexity index is 284. The van der Waals surface area contributed by atoms with E-state index in [1.807, 2.05) is 6.92 Å². The second-order valence-electron chi connectivity index (χ2n) is 4.27. The van der Waals surface area contributed by atoms with E-state index in [4.69, 9.17) is 5.11 Å². The molecule has 1 fully saturated rings. The van der Waals surface area contributed by atoms with Crippen LogP contribution in [0.15, 0.2) is 0 Å². The summed E-state index contributed by atoms with van der Waals surface area (Å²) in [5.74, 6) is -0.789. The topological polar surface area (TPSA) is 74.7 Å². The number of likely N-dealkylation sites (tertiary alicyclic amines) is 1. The first-order valence-corrected chi connectivity index (χ1v) is 5.55. The molecule has 1 aliphatic heterocycles. The third kappa shape index (κ3) is 3.64. The van der Waals surface area contributed by atoms with Crippen molar-refractivity contribution in [2.75, 3.05) is 6.54 Å². The minimum absolute atomic E-state index is 0.101. The lowest BCUT2D eigenvalue weighted by atomic mass is 10.0. The van der Waals surface area contributed by atoms with Crippen LogP contribution in [0.25, 0.3) is 0 Å². The summed E-state index contributed by atoms with van der Waals surface area (Å²) < 4.78 is 0. The molecule has 90 valence electrons. The van der Waals surface area contributed by atoms with Crippen LogP contribution in [-0.4, -0.2) is 34.3 Å². The van der Waals surface area contributed by atoms with E-state index in [2.05, 4.69) is 0 Å². The zero-order valence-electron chi connectivity index (χ0n) is 9.44.